The Bertz CT molecular complexity index is 887. The molecule has 0 saturated heterocycles. The second-order valence-corrected chi connectivity index (χ2v) is 5.66. The van der Waals surface area contributed by atoms with E-state index in [1.165, 1.54) is 6.26 Å². The molecular formula is C19H16O4. The summed E-state index contributed by atoms with van der Waals surface area (Å²) < 4.78 is 5.44. The zero-order valence-electron chi connectivity index (χ0n) is 12.9. The summed E-state index contributed by atoms with van der Waals surface area (Å²) in [5, 5.41) is 9.95. The van der Waals surface area contributed by atoms with Crippen molar-refractivity contribution in [1.82, 2.24) is 0 Å². The van der Waals surface area contributed by atoms with E-state index in [0.29, 0.717) is 22.3 Å². The predicted molar refractivity (Wildman–Crippen MR) is 86.9 cm³/mol. The van der Waals surface area contributed by atoms with Crippen LogP contribution in [0.3, 0.4) is 0 Å². The summed E-state index contributed by atoms with van der Waals surface area (Å²) in [6, 6.07) is 12.4. The first-order chi connectivity index (χ1) is 11.0. The van der Waals surface area contributed by atoms with Gasteiger partial charge in [-0.3, -0.25) is 9.59 Å². The molecule has 23 heavy (non-hydrogen) atoms. The standard InChI is InChI=1S/C19H16O4/c1-11-3-5-13(6-4-11)17(20)16-10-15(12(2)19(21)22)9-14-7-8-23-18(14)16/h3-10,12H,1-2H3,(H,21,22). The van der Waals surface area contributed by atoms with Crippen molar-refractivity contribution in [3.8, 4) is 0 Å². The highest BCUT2D eigenvalue weighted by Crippen LogP contribution is 2.28. The number of carbonyl (C=O) groups is 2. The van der Waals surface area contributed by atoms with Crippen molar-refractivity contribution < 1.29 is 19.1 Å². The van der Waals surface area contributed by atoms with Gasteiger partial charge in [-0.05, 0) is 37.6 Å². The monoisotopic (exact) mass is 308 g/mol. The van der Waals surface area contributed by atoms with Crippen molar-refractivity contribution in [1.29, 1.82) is 0 Å². The summed E-state index contributed by atoms with van der Waals surface area (Å²) in [6.45, 7) is 3.55. The van der Waals surface area contributed by atoms with E-state index < -0.39 is 11.9 Å². The minimum atomic E-state index is -0.929. The molecule has 4 heteroatoms. The number of carboxylic acids is 1. The molecular weight excluding hydrogens is 292 g/mol. The lowest BCUT2D eigenvalue weighted by molar-refractivity contribution is -0.138. The van der Waals surface area contributed by atoms with Crippen LogP contribution in [-0.4, -0.2) is 16.9 Å². The van der Waals surface area contributed by atoms with E-state index in [1.54, 1.807) is 37.3 Å². The lowest BCUT2D eigenvalue weighted by Gasteiger charge is -2.10. The zero-order valence-corrected chi connectivity index (χ0v) is 12.9. The van der Waals surface area contributed by atoms with E-state index in [9.17, 15) is 14.7 Å². The molecule has 0 saturated carbocycles. The molecule has 0 aliphatic heterocycles. The van der Waals surface area contributed by atoms with Crippen molar-refractivity contribution in [2.75, 3.05) is 0 Å². The van der Waals surface area contributed by atoms with E-state index in [4.69, 9.17) is 4.42 Å². The number of aliphatic carboxylic acids is 1. The van der Waals surface area contributed by atoms with Crippen LogP contribution in [0.1, 0.15) is 39.9 Å². The molecule has 0 aliphatic carbocycles. The molecule has 116 valence electrons. The number of hydrogen-bond donors (Lipinski definition) is 1. The topological polar surface area (TPSA) is 67.5 Å². The van der Waals surface area contributed by atoms with Gasteiger partial charge in [-0.15, -0.1) is 0 Å². The zero-order chi connectivity index (χ0) is 16.6. The van der Waals surface area contributed by atoms with Gasteiger partial charge < -0.3 is 9.52 Å². The van der Waals surface area contributed by atoms with Gasteiger partial charge in [0.2, 0.25) is 0 Å². The van der Waals surface area contributed by atoms with Crippen LogP contribution in [0.5, 0.6) is 0 Å². The molecule has 1 atom stereocenters. The molecule has 0 fully saturated rings. The van der Waals surface area contributed by atoms with Crippen LogP contribution < -0.4 is 0 Å². The molecule has 3 aromatic rings. The number of furan rings is 1. The van der Waals surface area contributed by atoms with Crippen LogP contribution in [0, 0.1) is 6.92 Å². The van der Waals surface area contributed by atoms with Crippen molar-refractivity contribution in [3.05, 3.63) is 71.0 Å². The fourth-order valence-corrected chi connectivity index (χ4v) is 2.53. The van der Waals surface area contributed by atoms with Crippen LogP contribution in [0.4, 0.5) is 0 Å². The van der Waals surface area contributed by atoms with Gasteiger partial charge in [0.15, 0.2) is 5.78 Å². The maximum Gasteiger partial charge on any atom is 0.310 e. The average Bonchev–Trinajstić information content (AvgIpc) is 3.01. The normalized spacial score (nSPS) is 12.3. The van der Waals surface area contributed by atoms with Crippen molar-refractivity contribution >= 4 is 22.7 Å². The van der Waals surface area contributed by atoms with Crippen molar-refractivity contribution in [2.24, 2.45) is 0 Å². The molecule has 0 spiro atoms. The third-order valence-corrected chi connectivity index (χ3v) is 4.00. The number of aryl methyl sites for hydroxylation is 1. The quantitative estimate of drug-likeness (QED) is 0.735. The molecule has 1 unspecified atom stereocenters. The van der Waals surface area contributed by atoms with Gasteiger partial charge in [0.25, 0.3) is 0 Å². The van der Waals surface area contributed by atoms with Crippen LogP contribution in [0.15, 0.2) is 53.1 Å². The van der Waals surface area contributed by atoms with E-state index in [0.717, 1.165) is 10.9 Å². The van der Waals surface area contributed by atoms with Crippen LogP contribution in [0.25, 0.3) is 11.0 Å². The third-order valence-electron chi connectivity index (χ3n) is 4.00. The minimum Gasteiger partial charge on any atom is -0.481 e. The summed E-state index contributed by atoms with van der Waals surface area (Å²) in [7, 11) is 0. The SMILES string of the molecule is Cc1ccc(C(=O)c2cc(C(C)C(=O)O)cc3ccoc23)cc1. The first kappa shape index (κ1) is 15.0. The minimum absolute atomic E-state index is 0.176. The fraction of sp³-hybridized carbons (Fsp3) is 0.158. The van der Waals surface area contributed by atoms with Gasteiger partial charge in [-0.25, -0.2) is 0 Å². The second-order valence-electron chi connectivity index (χ2n) is 5.66. The number of carbonyl (C=O) groups excluding carboxylic acids is 1. The molecule has 4 nitrogen and oxygen atoms in total. The van der Waals surface area contributed by atoms with Crippen molar-refractivity contribution in [3.63, 3.8) is 0 Å². The molecule has 2 aromatic carbocycles. The van der Waals surface area contributed by atoms with Gasteiger partial charge in [-0.2, -0.15) is 0 Å². The number of fused-ring (bicyclic) bond motifs is 1. The summed E-state index contributed by atoms with van der Waals surface area (Å²) in [6.07, 6.45) is 1.51. The van der Waals surface area contributed by atoms with Gasteiger partial charge >= 0.3 is 5.97 Å². The molecule has 0 amide bonds. The van der Waals surface area contributed by atoms with Crippen LogP contribution in [0.2, 0.25) is 0 Å². The molecule has 1 heterocycles. The molecule has 3 rings (SSSR count). The Hall–Kier alpha value is -2.88. The first-order valence-corrected chi connectivity index (χ1v) is 7.32. The number of rotatable bonds is 4. The van der Waals surface area contributed by atoms with E-state index >= 15 is 0 Å². The third kappa shape index (κ3) is 2.75. The van der Waals surface area contributed by atoms with E-state index in [1.807, 2.05) is 19.1 Å². The van der Waals surface area contributed by atoms with Gasteiger partial charge in [0.1, 0.15) is 5.58 Å². The number of carboxylic acid groups (broad SMARTS) is 1. The summed E-state index contributed by atoms with van der Waals surface area (Å²) in [5.41, 5.74) is 3.07. The Labute approximate surface area is 133 Å². The number of benzene rings is 2. The van der Waals surface area contributed by atoms with Gasteiger partial charge in [0.05, 0.1) is 17.7 Å². The maximum atomic E-state index is 12.8. The highest BCUT2D eigenvalue weighted by atomic mass is 16.4. The van der Waals surface area contributed by atoms with Crippen LogP contribution >= 0.6 is 0 Å². The van der Waals surface area contributed by atoms with Gasteiger partial charge in [-0.1, -0.05) is 29.8 Å². The van der Waals surface area contributed by atoms with Crippen molar-refractivity contribution in [2.45, 2.75) is 19.8 Å². The molecule has 1 aromatic heterocycles. The molecule has 0 bridgehead atoms. The Balaban J connectivity index is 2.15. The lowest BCUT2D eigenvalue weighted by atomic mass is 9.93. The largest absolute Gasteiger partial charge is 0.481 e. The number of hydrogen-bond acceptors (Lipinski definition) is 3. The Kier molecular flexibility index (Phi) is 3.74. The first-order valence-electron chi connectivity index (χ1n) is 7.32. The Morgan fingerprint density at radius 3 is 2.43 bits per heavy atom. The summed E-state index contributed by atoms with van der Waals surface area (Å²) in [5.74, 6) is -1.80. The van der Waals surface area contributed by atoms with Crippen LogP contribution in [-0.2, 0) is 4.79 Å². The molecule has 1 N–H and O–H groups in total. The lowest BCUT2D eigenvalue weighted by Crippen LogP contribution is -2.09. The second kappa shape index (κ2) is 5.72. The Morgan fingerprint density at radius 2 is 1.78 bits per heavy atom. The molecule has 0 radical (unpaired) electrons. The maximum absolute atomic E-state index is 12.8. The average molecular weight is 308 g/mol. The summed E-state index contributed by atoms with van der Waals surface area (Å²) in [4.78, 5) is 24.1. The molecule has 0 aliphatic rings. The predicted octanol–water partition coefficient (Wildman–Crippen LogP) is 4.16. The smallest absolute Gasteiger partial charge is 0.310 e. The Morgan fingerprint density at radius 1 is 1.09 bits per heavy atom. The number of ketones is 1. The summed E-state index contributed by atoms with van der Waals surface area (Å²) >= 11 is 0. The van der Waals surface area contributed by atoms with E-state index in [2.05, 4.69) is 0 Å². The highest BCUT2D eigenvalue weighted by molar-refractivity contribution is 6.15. The van der Waals surface area contributed by atoms with Gasteiger partial charge in [0, 0.05) is 10.9 Å². The highest BCUT2D eigenvalue weighted by Gasteiger charge is 2.21. The fourth-order valence-electron chi connectivity index (χ4n) is 2.53. The van der Waals surface area contributed by atoms with E-state index in [-0.39, 0.29) is 5.78 Å².